The molecule has 0 heterocycles. The largest absolute Gasteiger partial charge is 0.480 e. The highest BCUT2D eigenvalue weighted by atomic mass is 16.5. The molecule has 0 saturated carbocycles. The first-order chi connectivity index (χ1) is 8.46. The van der Waals surface area contributed by atoms with Crippen LogP contribution >= 0.6 is 0 Å². The van der Waals surface area contributed by atoms with Gasteiger partial charge in [-0.2, -0.15) is 0 Å². The number of carboxylic acids is 1. The van der Waals surface area contributed by atoms with Crippen LogP contribution in [-0.4, -0.2) is 65.4 Å². The Morgan fingerprint density at radius 3 is 2.33 bits per heavy atom. The second-order valence-corrected chi connectivity index (χ2v) is 3.34. The van der Waals surface area contributed by atoms with Crippen molar-refractivity contribution < 1.29 is 29.3 Å². The third-order valence-corrected chi connectivity index (χ3v) is 2.07. The van der Waals surface area contributed by atoms with Crippen LogP contribution in [0.2, 0.25) is 0 Å². The maximum absolute atomic E-state index is 11.6. The van der Waals surface area contributed by atoms with Crippen LogP contribution in [0, 0.1) is 0 Å². The van der Waals surface area contributed by atoms with Crippen molar-refractivity contribution in [2.24, 2.45) is 0 Å². The number of nitrogens with one attached hydrogen (secondary N) is 1. The average Bonchev–Trinajstić information content (AvgIpc) is 2.32. The van der Waals surface area contributed by atoms with Crippen molar-refractivity contribution in [2.45, 2.75) is 19.9 Å². The molecule has 18 heavy (non-hydrogen) atoms. The van der Waals surface area contributed by atoms with E-state index in [9.17, 15) is 14.4 Å². The fraction of sp³-hybridized carbons (Fsp3) is 0.700. The first kappa shape index (κ1) is 16.2. The monoisotopic (exact) mass is 262 g/mol. The maximum atomic E-state index is 11.6. The Labute approximate surface area is 105 Å². The van der Waals surface area contributed by atoms with Gasteiger partial charge in [0.15, 0.2) is 6.04 Å². The summed E-state index contributed by atoms with van der Waals surface area (Å²) in [4.78, 5) is 34.5. The highest BCUT2D eigenvalue weighted by molar-refractivity contribution is 5.85. The number of carbonyl (C=O) groups excluding carboxylic acids is 2. The molecule has 0 radical (unpaired) electrons. The zero-order valence-electron chi connectivity index (χ0n) is 10.4. The molecule has 1 unspecified atom stereocenters. The predicted molar refractivity (Wildman–Crippen MR) is 60.9 cm³/mol. The minimum absolute atomic E-state index is 0.201. The number of aliphatic hydroxyl groups excluding tert-OH is 1. The predicted octanol–water partition coefficient (Wildman–Crippen LogP) is -0.973. The molecule has 8 heteroatoms. The second kappa shape index (κ2) is 8.29. The maximum Gasteiger partial charge on any atom is 0.328 e. The van der Waals surface area contributed by atoms with Gasteiger partial charge in [0.2, 0.25) is 0 Å². The number of esters is 1. The van der Waals surface area contributed by atoms with Gasteiger partial charge in [0.1, 0.15) is 6.54 Å². The van der Waals surface area contributed by atoms with E-state index in [0.717, 1.165) is 4.90 Å². The van der Waals surface area contributed by atoms with Crippen LogP contribution < -0.4 is 5.32 Å². The van der Waals surface area contributed by atoms with Gasteiger partial charge in [-0.1, -0.05) is 0 Å². The third-order valence-electron chi connectivity index (χ3n) is 2.07. The summed E-state index contributed by atoms with van der Waals surface area (Å²) >= 11 is 0. The molecule has 1 atom stereocenters. The van der Waals surface area contributed by atoms with Crippen molar-refractivity contribution in [3.05, 3.63) is 0 Å². The normalized spacial score (nSPS) is 11.5. The number of aliphatic hydroxyl groups is 1. The van der Waals surface area contributed by atoms with Crippen LogP contribution in [0.3, 0.4) is 0 Å². The summed E-state index contributed by atoms with van der Waals surface area (Å²) < 4.78 is 4.68. The average molecular weight is 262 g/mol. The summed E-state index contributed by atoms with van der Waals surface area (Å²) in [6, 6.07) is -2.14. The Bertz CT molecular complexity index is 307. The molecule has 3 N–H and O–H groups in total. The smallest absolute Gasteiger partial charge is 0.328 e. The number of ether oxygens (including phenoxy) is 1. The zero-order valence-corrected chi connectivity index (χ0v) is 10.4. The lowest BCUT2D eigenvalue weighted by Gasteiger charge is -2.22. The number of hydrogen-bond acceptors (Lipinski definition) is 5. The molecule has 0 bridgehead atoms. The fourth-order valence-corrected chi connectivity index (χ4v) is 1.12. The molecule has 8 nitrogen and oxygen atoms in total. The van der Waals surface area contributed by atoms with Gasteiger partial charge in [-0.05, 0) is 13.8 Å². The molecule has 0 aliphatic heterocycles. The molecular formula is C10H18N2O6. The van der Waals surface area contributed by atoms with Gasteiger partial charge >= 0.3 is 18.0 Å². The Morgan fingerprint density at radius 1 is 1.33 bits per heavy atom. The summed E-state index contributed by atoms with van der Waals surface area (Å²) in [7, 11) is 0. The molecule has 0 spiro atoms. The number of likely N-dealkylation sites (N-methyl/N-ethyl adjacent to an activating group) is 1. The lowest BCUT2D eigenvalue weighted by molar-refractivity contribution is -0.143. The van der Waals surface area contributed by atoms with Crippen molar-refractivity contribution in [1.29, 1.82) is 0 Å². The lowest BCUT2D eigenvalue weighted by atomic mass is 10.3. The van der Waals surface area contributed by atoms with E-state index in [0.29, 0.717) is 0 Å². The number of aliphatic carboxylic acids is 1. The fourth-order valence-electron chi connectivity index (χ4n) is 1.12. The number of amides is 2. The van der Waals surface area contributed by atoms with Crippen LogP contribution in [0.15, 0.2) is 0 Å². The van der Waals surface area contributed by atoms with Crippen molar-refractivity contribution in [2.75, 3.05) is 26.3 Å². The van der Waals surface area contributed by atoms with Gasteiger partial charge in [0.25, 0.3) is 0 Å². The van der Waals surface area contributed by atoms with Gasteiger partial charge < -0.3 is 25.2 Å². The molecule has 0 aromatic rings. The van der Waals surface area contributed by atoms with Gasteiger partial charge in [-0.25, -0.2) is 9.59 Å². The van der Waals surface area contributed by atoms with Crippen LogP contribution in [0.1, 0.15) is 13.8 Å². The number of carboxylic acid groups (broad SMARTS) is 1. The van der Waals surface area contributed by atoms with Crippen molar-refractivity contribution in [1.82, 2.24) is 10.2 Å². The summed E-state index contributed by atoms with van der Waals surface area (Å²) in [6.45, 7) is 2.69. The minimum Gasteiger partial charge on any atom is -0.480 e. The summed E-state index contributed by atoms with van der Waals surface area (Å²) in [5, 5.41) is 19.5. The number of nitrogens with zero attached hydrogens (tertiary/aromatic N) is 1. The molecule has 0 rings (SSSR count). The molecule has 2 amide bonds. The molecule has 0 aliphatic rings. The minimum atomic E-state index is -1.39. The SMILES string of the molecule is CCOC(=O)CN(CC)C(=O)NC(CO)C(=O)O. The van der Waals surface area contributed by atoms with Crippen LogP contribution in [0.25, 0.3) is 0 Å². The quantitative estimate of drug-likeness (QED) is 0.508. The summed E-state index contributed by atoms with van der Waals surface area (Å²) in [5.41, 5.74) is 0. The lowest BCUT2D eigenvalue weighted by Crippen LogP contribution is -2.50. The molecule has 0 fully saturated rings. The number of rotatable bonds is 7. The second-order valence-electron chi connectivity index (χ2n) is 3.34. The number of carbonyl (C=O) groups is 3. The van der Waals surface area contributed by atoms with Crippen LogP contribution in [0.4, 0.5) is 4.79 Å². The van der Waals surface area contributed by atoms with Crippen molar-refractivity contribution in [3.63, 3.8) is 0 Å². The highest BCUT2D eigenvalue weighted by Gasteiger charge is 2.23. The topological polar surface area (TPSA) is 116 Å². The first-order valence-corrected chi connectivity index (χ1v) is 5.50. The van der Waals surface area contributed by atoms with Crippen molar-refractivity contribution >= 4 is 18.0 Å². The van der Waals surface area contributed by atoms with E-state index in [1.54, 1.807) is 13.8 Å². The van der Waals surface area contributed by atoms with Gasteiger partial charge in [-0.3, -0.25) is 4.79 Å². The van der Waals surface area contributed by atoms with Crippen LogP contribution in [-0.2, 0) is 14.3 Å². The van der Waals surface area contributed by atoms with E-state index in [2.05, 4.69) is 10.1 Å². The van der Waals surface area contributed by atoms with Crippen LogP contribution in [0.5, 0.6) is 0 Å². The highest BCUT2D eigenvalue weighted by Crippen LogP contribution is 1.94. The van der Waals surface area contributed by atoms with E-state index in [1.807, 2.05) is 0 Å². The van der Waals surface area contributed by atoms with Gasteiger partial charge in [0, 0.05) is 6.54 Å². The molecular weight excluding hydrogens is 244 g/mol. The molecule has 0 saturated heterocycles. The molecule has 0 aromatic heterocycles. The van der Waals surface area contributed by atoms with E-state index in [1.165, 1.54) is 0 Å². The van der Waals surface area contributed by atoms with E-state index in [4.69, 9.17) is 10.2 Å². The Kier molecular flexibility index (Phi) is 7.45. The van der Waals surface area contributed by atoms with E-state index in [-0.39, 0.29) is 19.7 Å². The van der Waals surface area contributed by atoms with Crippen molar-refractivity contribution in [3.8, 4) is 0 Å². The zero-order chi connectivity index (χ0) is 14.1. The third kappa shape index (κ3) is 5.48. The Hall–Kier alpha value is -1.83. The Balaban J connectivity index is 4.42. The molecule has 0 aromatic carbocycles. The van der Waals surface area contributed by atoms with Gasteiger partial charge in [-0.15, -0.1) is 0 Å². The number of urea groups is 1. The summed E-state index contributed by atoms with van der Waals surface area (Å²) in [6.07, 6.45) is 0. The molecule has 0 aliphatic carbocycles. The standard InChI is InChI=1S/C10H18N2O6/c1-3-12(5-8(14)18-4-2)10(17)11-7(6-13)9(15)16/h7,13H,3-6H2,1-2H3,(H,11,17)(H,15,16). The molecule has 104 valence electrons. The number of hydrogen-bond donors (Lipinski definition) is 3. The van der Waals surface area contributed by atoms with E-state index >= 15 is 0 Å². The summed E-state index contributed by atoms with van der Waals surface area (Å²) in [5.74, 6) is -1.93. The van der Waals surface area contributed by atoms with Gasteiger partial charge in [0.05, 0.1) is 13.2 Å². The Morgan fingerprint density at radius 2 is 1.94 bits per heavy atom. The van der Waals surface area contributed by atoms with E-state index < -0.39 is 30.6 Å². The first-order valence-electron chi connectivity index (χ1n) is 5.50.